The number of sulfonamides is 1. The van der Waals surface area contributed by atoms with E-state index in [1.54, 1.807) is 20.2 Å². The lowest BCUT2D eigenvalue weighted by Gasteiger charge is -2.19. The molecule has 114 valence electrons. The van der Waals surface area contributed by atoms with Crippen LogP contribution in [0.5, 0.6) is 0 Å². The quantitative estimate of drug-likeness (QED) is 0.749. The molecule has 0 saturated heterocycles. The van der Waals surface area contributed by atoms with Crippen molar-refractivity contribution in [3.63, 3.8) is 0 Å². The van der Waals surface area contributed by atoms with Gasteiger partial charge in [0.15, 0.2) is 0 Å². The van der Waals surface area contributed by atoms with Gasteiger partial charge in [-0.3, -0.25) is 0 Å². The fraction of sp³-hybridized carbons (Fsp3) is 0.538. The normalized spacial score (nSPS) is 12.1. The minimum atomic E-state index is -3.53. The number of halogens is 1. The van der Waals surface area contributed by atoms with Crippen LogP contribution < -0.4 is 5.73 Å². The van der Waals surface area contributed by atoms with Crippen molar-refractivity contribution in [3.05, 3.63) is 27.7 Å². The summed E-state index contributed by atoms with van der Waals surface area (Å²) < 4.78 is 32.0. The van der Waals surface area contributed by atoms with E-state index < -0.39 is 10.0 Å². The Bertz CT molecular complexity index is 561. The Kier molecular flexibility index (Phi) is 6.60. The second-order valence-electron chi connectivity index (χ2n) is 4.60. The standard InChI is InChI=1S/C13H21BrN2O3S/c1-10-7-11(9-15)8-12(13(10)14)20(17,18)16(2)5-4-6-19-3/h7-8H,4-6,9,15H2,1-3H3. The van der Waals surface area contributed by atoms with Crippen LogP contribution >= 0.6 is 15.9 Å². The number of ether oxygens (including phenoxy) is 1. The van der Waals surface area contributed by atoms with Crippen LogP contribution in [-0.4, -0.2) is 40.0 Å². The molecule has 0 saturated carbocycles. The lowest BCUT2D eigenvalue weighted by Crippen LogP contribution is -2.29. The number of rotatable bonds is 7. The molecule has 0 aliphatic carbocycles. The molecule has 1 rings (SSSR count). The van der Waals surface area contributed by atoms with E-state index in [0.717, 1.165) is 11.1 Å². The molecule has 2 N–H and O–H groups in total. The molecule has 1 aromatic carbocycles. The van der Waals surface area contributed by atoms with Crippen LogP contribution in [0, 0.1) is 6.92 Å². The first-order valence-electron chi connectivity index (χ1n) is 6.29. The molecule has 5 nitrogen and oxygen atoms in total. The predicted molar refractivity (Wildman–Crippen MR) is 83.1 cm³/mol. The van der Waals surface area contributed by atoms with Crippen LogP contribution in [0.15, 0.2) is 21.5 Å². The van der Waals surface area contributed by atoms with E-state index in [2.05, 4.69) is 15.9 Å². The van der Waals surface area contributed by atoms with Crippen molar-refractivity contribution in [1.29, 1.82) is 0 Å². The molecular formula is C13H21BrN2O3S. The van der Waals surface area contributed by atoms with Gasteiger partial charge >= 0.3 is 0 Å². The molecule has 0 unspecified atom stereocenters. The summed E-state index contributed by atoms with van der Waals surface area (Å²) in [5.74, 6) is 0. The Hall–Kier alpha value is -0.470. The fourth-order valence-corrected chi connectivity index (χ4v) is 4.07. The van der Waals surface area contributed by atoms with Gasteiger partial charge < -0.3 is 10.5 Å². The number of hydrogen-bond donors (Lipinski definition) is 1. The largest absolute Gasteiger partial charge is 0.385 e. The van der Waals surface area contributed by atoms with Gasteiger partial charge in [0.05, 0.1) is 4.90 Å². The molecule has 0 bridgehead atoms. The van der Waals surface area contributed by atoms with Crippen molar-refractivity contribution in [2.45, 2.75) is 24.8 Å². The van der Waals surface area contributed by atoms with E-state index >= 15 is 0 Å². The number of methoxy groups -OCH3 is 1. The summed E-state index contributed by atoms with van der Waals surface area (Å²) in [6.45, 7) is 3.11. The molecule has 20 heavy (non-hydrogen) atoms. The lowest BCUT2D eigenvalue weighted by molar-refractivity contribution is 0.189. The molecular weight excluding hydrogens is 344 g/mol. The topological polar surface area (TPSA) is 72.6 Å². The highest BCUT2D eigenvalue weighted by atomic mass is 79.9. The molecule has 0 heterocycles. The van der Waals surface area contributed by atoms with Gasteiger partial charge in [-0.05, 0) is 46.5 Å². The summed E-state index contributed by atoms with van der Waals surface area (Å²) in [5.41, 5.74) is 7.27. The van der Waals surface area contributed by atoms with Crippen molar-refractivity contribution in [1.82, 2.24) is 4.31 Å². The first kappa shape index (κ1) is 17.6. The summed E-state index contributed by atoms with van der Waals surface area (Å²) in [5, 5.41) is 0. The first-order valence-corrected chi connectivity index (χ1v) is 8.52. The molecule has 0 spiro atoms. The van der Waals surface area contributed by atoms with Crippen LogP contribution in [0.2, 0.25) is 0 Å². The molecule has 7 heteroatoms. The predicted octanol–water partition coefficient (Wildman–Crippen LogP) is 1.87. The van der Waals surface area contributed by atoms with Crippen LogP contribution in [0.4, 0.5) is 0 Å². The zero-order valence-corrected chi connectivity index (χ0v) is 14.4. The van der Waals surface area contributed by atoms with Gasteiger partial charge in [-0.2, -0.15) is 0 Å². The third-order valence-electron chi connectivity index (χ3n) is 3.03. The zero-order chi connectivity index (χ0) is 15.3. The highest BCUT2D eigenvalue weighted by Gasteiger charge is 2.24. The summed E-state index contributed by atoms with van der Waals surface area (Å²) >= 11 is 3.36. The SMILES string of the molecule is COCCCN(C)S(=O)(=O)c1cc(CN)cc(C)c1Br. The van der Waals surface area contributed by atoms with Gasteiger partial charge in [0.25, 0.3) is 0 Å². The average Bonchev–Trinajstić information content (AvgIpc) is 2.41. The van der Waals surface area contributed by atoms with Gasteiger partial charge in [0, 0.05) is 38.3 Å². The van der Waals surface area contributed by atoms with Gasteiger partial charge in [-0.1, -0.05) is 6.07 Å². The summed E-state index contributed by atoms with van der Waals surface area (Å²) in [4.78, 5) is 0.262. The van der Waals surface area contributed by atoms with Gasteiger partial charge in [0.1, 0.15) is 0 Å². The number of hydrogen-bond acceptors (Lipinski definition) is 4. The molecule has 0 aliphatic heterocycles. The highest BCUT2D eigenvalue weighted by Crippen LogP contribution is 2.29. The number of aryl methyl sites for hydroxylation is 1. The second kappa shape index (κ2) is 7.51. The third kappa shape index (κ3) is 4.02. The fourth-order valence-electron chi connectivity index (χ4n) is 1.83. The molecule has 1 aromatic rings. The Morgan fingerprint density at radius 3 is 2.60 bits per heavy atom. The van der Waals surface area contributed by atoms with E-state index in [1.807, 2.05) is 13.0 Å². The Morgan fingerprint density at radius 1 is 1.40 bits per heavy atom. The first-order chi connectivity index (χ1) is 9.34. The average molecular weight is 365 g/mol. The van der Waals surface area contributed by atoms with Gasteiger partial charge in [-0.15, -0.1) is 0 Å². The molecule has 0 aliphatic rings. The minimum absolute atomic E-state index is 0.262. The number of nitrogens with zero attached hydrogens (tertiary/aromatic N) is 1. The van der Waals surface area contributed by atoms with Gasteiger partial charge in [0.2, 0.25) is 10.0 Å². The van der Waals surface area contributed by atoms with Crippen molar-refractivity contribution in [3.8, 4) is 0 Å². The summed E-state index contributed by atoms with van der Waals surface area (Å²) in [6.07, 6.45) is 0.652. The Balaban J connectivity index is 3.11. The van der Waals surface area contributed by atoms with E-state index in [0.29, 0.717) is 30.6 Å². The highest BCUT2D eigenvalue weighted by molar-refractivity contribution is 9.10. The molecule has 0 atom stereocenters. The van der Waals surface area contributed by atoms with Crippen molar-refractivity contribution >= 4 is 26.0 Å². The maximum atomic E-state index is 12.6. The molecule has 0 radical (unpaired) electrons. The molecule has 0 aromatic heterocycles. The Morgan fingerprint density at radius 2 is 2.05 bits per heavy atom. The molecule has 0 fully saturated rings. The number of nitrogens with two attached hydrogens (primary N) is 1. The van der Waals surface area contributed by atoms with Crippen LogP contribution in [0.3, 0.4) is 0 Å². The molecule has 0 amide bonds. The smallest absolute Gasteiger partial charge is 0.243 e. The maximum Gasteiger partial charge on any atom is 0.243 e. The van der Waals surface area contributed by atoms with Crippen molar-refractivity contribution < 1.29 is 13.2 Å². The lowest BCUT2D eigenvalue weighted by atomic mass is 10.1. The summed E-state index contributed by atoms with van der Waals surface area (Å²) in [7, 11) is -0.362. The van der Waals surface area contributed by atoms with E-state index in [1.165, 1.54) is 4.31 Å². The zero-order valence-electron chi connectivity index (χ0n) is 12.0. The van der Waals surface area contributed by atoms with Gasteiger partial charge in [-0.25, -0.2) is 12.7 Å². The summed E-state index contributed by atoms with van der Waals surface area (Å²) in [6, 6.07) is 3.51. The van der Waals surface area contributed by atoms with E-state index in [-0.39, 0.29) is 4.90 Å². The minimum Gasteiger partial charge on any atom is -0.385 e. The van der Waals surface area contributed by atoms with E-state index in [4.69, 9.17) is 10.5 Å². The Labute approximate surface area is 129 Å². The third-order valence-corrected chi connectivity index (χ3v) is 6.22. The van der Waals surface area contributed by atoms with Crippen LogP contribution in [0.1, 0.15) is 17.5 Å². The van der Waals surface area contributed by atoms with Crippen LogP contribution in [0.25, 0.3) is 0 Å². The van der Waals surface area contributed by atoms with Crippen molar-refractivity contribution in [2.24, 2.45) is 5.73 Å². The monoisotopic (exact) mass is 364 g/mol. The van der Waals surface area contributed by atoms with E-state index in [9.17, 15) is 8.42 Å². The second-order valence-corrected chi connectivity index (χ2v) is 7.41. The maximum absolute atomic E-state index is 12.6. The number of benzene rings is 1. The van der Waals surface area contributed by atoms with Crippen molar-refractivity contribution in [2.75, 3.05) is 27.3 Å². The van der Waals surface area contributed by atoms with Crippen LogP contribution in [-0.2, 0) is 21.3 Å².